The van der Waals surface area contributed by atoms with Crippen molar-refractivity contribution in [1.82, 2.24) is 0 Å². The fourth-order valence-corrected chi connectivity index (χ4v) is 2.47. The number of aryl methyl sites for hydroxylation is 1. The number of benzene rings is 3. The van der Waals surface area contributed by atoms with Gasteiger partial charge < -0.3 is 10.2 Å². The van der Waals surface area contributed by atoms with Crippen molar-refractivity contribution >= 4 is 10.8 Å². The van der Waals surface area contributed by atoms with Crippen molar-refractivity contribution in [2.75, 3.05) is 0 Å². The van der Waals surface area contributed by atoms with Gasteiger partial charge in [-0.1, -0.05) is 36.4 Å². The Bertz CT molecular complexity index is 760. The normalized spacial score (nSPS) is 10.8. The van der Waals surface area contributed by atoms with Gasteiger partial charge in [0.05, 0.1) is 0 Å². The average molecular weight is 250 g/mol. The Hall–Kier alpha value is -2.48. The molecule has 3 aromatic carbocycles. The number of rotatable bonds is 1. The van der Waals surface area contributed by atoms with E-state index >= 15 is 0 Å². The molecule has 3 rings (SSSR count). The molecule has 0 bridgehead atoms. The first-order valence-corrected chi connectivity index (χ1v) is 6.17. The molecule has 0 amide bonds. The molecule has 2 N–H and O–H groups in total. The lowest BCUT2D eigenvalue weighted by Crippen LogP contribution is -1.86. The van der Waals surface area contributed by atoms with Crippen molar-refractivity contribution in [3.05, 3.63) is 60.2 Å². The van der Waals surface area contributed by atoms with Gasteiger partial charge in [-0.25, -0.2) is 0 Å². The zero-order valence-corrected chi connectivity index (χ0v) is 10.6. The first-order chi connectivity index (χ1) is 9.16. The van der Waals surface area contributed by atoms with Gasteiger partial charge in [-0.05, 0) is 41.0 Å². The van der Waals surface area contributed by atoms with E-state index in [0.29, 0.717) is 0 Å². The van der Waals surface area contributed by atoms with Gasteiger partial charge in [0.25, 0.3) is 0 Å². The summed E-state index contributed by atoms with van der Waals surface area (Å²) in [5.41, 5.74) is 2.84. The molecule has 0 aromatic heterocycles. The van der Waals surface area contributed by atoms with E-state index in [1.807, 2.05) is 31.2 Å². The zero-order chi connectivity index (χ0) is 13.4. The zero-order valence-electron chi connectivity index (χ0n) is 10.6. The van der Waals surface area contributed by atoms with Crippen molar-refractivity contribution in [2.45, 2.75) is 6.92 Å². The first-order valence-electron chi connectivity index (χ1n) is 6.17. The van der Waals surface area contributed by atoms with Gasteiger partial charge in [0.2, 0.25) is 0 Å². The van der Waals surface area contributed by atoms with E-state index in [2.05, 4.69) is 12.1 Å². The van der Waals surface area contributed by atoms with Gasteiger partial charge in [-0.3, -0.25) is 0 Å². The molecule has 0 aliphatic rings. The summed E-state index contributed by atoms with van der Waals surface area (Å²) in [5.74, 6) is 0.165. The fraction of sp³-hybridized carbons (Fsp3) is 0.0588. The molecule has 0 aliphatic heterocycles. The van der Waals surface area contributed by atoms with Crippen LogP contribution in [-0.2, 0) is 0 Å². The van der Waals surface area contributed by atoms with Crippen LogP contribution in [0, 0.1) is 6.92 Å². The van der Waals surface area contributed by atoms with Gasteiger partial charge in [0, 0.05) is 11.6 Å². The number of aromatic hydroxyl groups is 2. The average Bonchev–Trinajstić information content (AvgIpc) is 2.41. The molecule has 94 valence electrons. The number of phenols is 2. The minimum Gasteiger partial charge on any atom is -0.508 e. The third-order valence-electron chi connectivity index (χ3n) is 3.47. The lowest BCUT2D eigenvalue weighted by atomic mass is 9.94. The second kappa shape index (κ2) is 4.32. The van der Waals surface area contributed by atoms with Gasteiger partial charge >= 0.3 is 0 Å². The molecule has 0 saturated heterocycles. The van der Waals surface area contributed by atoms with Crippen molar-refractivity contribution in [3.63, 3.8) is 0 Å². The van der Waals surface area contributed by atoms with E-state index in [0.717, 1.165) is 16.7 Å². The van der Waals surface area contributed by atoms with Gasteiger partial charge in [-0.15, -0.1) is 0 Å². The summed E-state index contributed by atoms with van der Waals surface area (Å²) < 4.78 is 0. The lowest BCUT2D eigenvalue weighted by Gasteiger charge is -2.11. The number of fused-ring (bicyclic) bond motifs is 1. The Morgan fingerprint density at radius 2 is 1.53 bits per heavy atom. The van der Waals surface area contributed by atoms with E-state index < -0.39 is 0 Å². The van der Waals surface area contributed by atoms with E-state index in [1.54, 1.807) is 12.1 Å². The van der Waals surface area contributed by atoms with Crippen molar-refractivity contribution in [2.24, 2.45) is 0 Å². The van der Waals surface area contributed by atoms with E-state index in [4.69, 9.17) is 0 Å². The predicted molar refractivity (Wildman–Crippen MR) is 77.5 cm³/mol. The second-order valence-corrected chi connectivity index (χ2v) is 4.66. The summed E-state index contributed by atoms with van der Waals surface area (Å²) in [5, 5.41) is 21.7. The molecule has 0 heterocycles. The molecule has 0 radical (unpaired) electrons. The third-order valence-corrected chi connectivity index (χ3v) is 3.47. The highest BCUT2D eigenvalue weighted by Gasteiger charge is 2.09. The molecule has 0 fully saturated rings. The molecule has 0 saturated carbocycles. The molecule has 0 spiro atoms. The van der Waals surface area contributed by atoms with E-state index in [9.17, 15) is 10.2 Å². The molecule has 2 nitrogen and oxygen atoms in total. The van der Waals surface area contributed by atoms with Crippen LogP contribution in [-0.4, -0.2) is 10.2 Å². The summed E-state index contributed by atoms with van der Waals surface area (Å²) in [6.07, 6.45) is 0. The minimum absolute atomic E-state index is 0.0692. The Morgan fingerprint density at radius 3 is 2.32 bits per heavy atom. The van der Waals surface area contributed by atoms with Crippen LogP contribution in [0.1, 0.15) is 5.56 Å². The number of phenolic OH excluding ortho intramolecular Hbond substituents is 2. The molecule has 3 aromatic rings. The van der Waals surface area contributed by atoms with Gasteiger partial charge in [0.1, 0.15) is 11.5 Å². The first kappa shape index (κ1) is 11.6. The van der Waals surface area contributed by atoms with Crippen LogP contribution in [0.15, 0.2) is 54.6 Å². The largest absolute Gasteiger partial charge is 0.508 e. The molecule has 2 heteroatoms. The smallest absolute Gasteiger partial charge is 0.127 e. The Labute approximate surface area is 111 Å². The van der Waals surface area contributed by atoms with Crippen LogP contribution in [0.4, 0.5) is 0 Å². The maximum Gasteiger partial charge on any atom is 0.127 e. The summed E-state index contributed by atoms with van der Waals surface area (Å²) in [6, 6.07) is 16.9. The Balaban J connectivity index is 2.28. The SMILES string of the molecule is Cc1c(-c2ccc(O)cc2O)ccc2ccccc12. The fourth-order valence-electron chi connectivity index (χ4n) is 2.47. The number of hydrogen-bond donors (Lipinski definition) is 2. The van der Waals surface area contributed by atoms with E-state index in [1.165, 1.54) is 16.8 Å². The highest BCUT2D eigenvalue weighted by atomic mass is 16.3. The third kappa shape index (κ3) is 1.91. The van der Waals surface area contributed by atoms with Crippen LogP contribution in [0.25, 0.3) is 21.9 Å². The molecular weight excluding hydrogens is 236 g/mol. The highest BCUT2D eigenvalue weighted by Crippen LogP contribution is 2.36. The van der Waals surface area contributed by atoms with Crippen LogP contribution in [0.5, 0.6) is 11.5 Å². The predicted octanol–water partition coefficient (Wildman–Crippen LogP) is 4.23. The van der Waals surface area contributed by atoms with Gasteiger partial charge in [0.15, 0.2) is 0 Å². The van der Waals surface area contributed by atoms with Crippen molar-refractivity contribution in [3.8, 4) is 22.6 Å². The highest BCUT2D eigenvalue weighted by molar-refractivity contribution is 5.92. The Kier molecular flexibility index (Phi) is 2.64. The Morgan fingerprint density at radius 1 is 0.789 bits per heavy atom. The monoisotopic (exact) mass is 250 g/mol. The molecule has 0 aliphatic carbocycles. The molecular formula is C17H14O2. The lowest BCUT2D eigenvalue weighted by molar-refractivity contribution is 0.452. The summed E-state index contributed by atoms with van der Waals surface area (Å²) in [7, 11) is 0. The molecule has 0 unspecified atom stereocenters. The maximum atomic E-state index is 9.98. The number of hydrogen-bond acceptors (Lipinski definition) is 2. The maximum absolute atomic E-state index is 9.98. The van der Waals surface area contributed by atoms with E-state index in [-0.39, 0.29) is 11.5 Å². The van der Waals surface area contributed by atoms with Crippen LogP contribution >= 0.6 is 0 Å². The van der Waals surface area contributed by atoms with Crippen LogP contribution in [0.2, 0.25) is 0 Å². The summed E-state index contributed by atoms with van der Waals surface area (Å²) in [4.78, 5) is 0. The quantitative estimate of drug-likeness (QED) is 0.678. The van der Waals surface area contributed by atoms with Gasteiger partial charge in [-0.2, -0.15) is 0 Å². The van der Waals surface area contributed by atoms with Crippen molar-refractivity contribution < 1.29 is 10.2 Å². The molecule has 19 heavy (non-hydrogen) atoms. The standard InChI is InChI=1S/C17H14O2/c1-11-14-5-3-2-4-12(14)6-8-15(11)16-9-7-13(18)10-17(16)19/h2-10,18-19H,1H3. The van der Waals surface area contributed by atoms with Crippen LogP contribution < -0.4 is 0 Å². The summed E-state index contributed by atoms with van der Waals surface area (Å²) in [6.45, 7) is 2.05. The topological polar surface area (TPSA) is 40.5 Å². The van der Waals surface area contributed by atoms with Crippen LogP contribution in [0.3, 0.4) is 0 Å². The summed E-state index contributed by atoms with van der Waals surface area (Å²) >= 11 is 0. The minimum atomic E-state index is 0.0692. The molecule has 0 atom stereocenters. The second-order valence-electron chi connectivity index (χ2n) is 4.66. The van der Waals surface area contributed by atoms with Crippen molar-refractivity contribution in [1.29, 1.82) is 0 Å².